The number of rotatable bonds is 4. The van der Waals surface area contributed by atoms with Crippen LogP contribution in [-0.4, -0.2) is 31.9 Å². The number of hydrogen-bond donors (Lipinski definition) is 0. The molecule has 0 N–H and O–H groups in total. The summed E-state index contributed by atoms with van der Waals surface area (Å²) in [4.78, 5) is 4.28. The van der Waals surface area contributed by atoms with Crippen molar-refractivity contribution in [2.24, 2.45) is 0 Å². The van der Waals surface area contributed by atoms with E-state index in [1.807, 2.05) is 13.8 Å². The van der Waals surface area contributed by atoms with E-state index in [0.717, 1.165) is 11.1 Å². The van der Waals surface area contributed by atoms with Gasteiger partial charge in [0.05, 0.1) is 16.7 Å². The highest BCUT2D eigenvalue weighted by atomic mass is 35.5. The van der Waals surface area contributed by atoms with E-state index in [1.165, 1.54) is 6.26 Å². The summed E-state index contributed by atoms with van der Waals surface area (Å²) in [5.74, 6) is 1.23. The topological polar surface area (TPSA) is 65.5 Å². The predicted octanol–water partition coefficient (Wildman–Crippen LogP) is 3.74. The molecule has 132 valence electrons. The molecule has 0 amide bonds. The summed E-state index contributed by atoms with van der Waals surface area (Å²) in [7, 11) is -3.24. The Hall–Kier alpha value is -1.89. The van der Waals surface area contributed by atoms with Crippen LogP contribution >= 0.6 is 11.6 Å². The first kappa shape index (κ1) is 17.9. The molecule has 3 rings (SSSR count). The third-order valence-corrected chi connectivity index (χ3v) is 5.31. The monoisotopic (exact) mass is 379 g/mol. The molecule has 0 saturated carbocycles. The van der Waals surface area contributed by atoms with Crippen molar-refractivity contribution in [2.45, 2.75) is 24.3 Å². The Morgan fingerprint density at radius 3 is 2.40 bits per heavy atom. The van der Waals surface area contributed by atoms with Gasteiger partial charge >= 0.3 is 0 Å². The van der Waals surface area contributed by atoms with Gasteiger partial charge in [-0.05, 0) is 43.7 Å². The lowest BCUT2D eigenvalue weighted by Crippen LogP contribution is -2.21. The Balaban J connectivity index is 2.00. The third-order valence-electron chi connectivity index (χ3n) is 3.96. The minimum Gasteiger partial charge on any atom is -0.457 e. The standard InChI is InChI=1S/C18H18ClNO4S/c1-18(2)17(12-4-7-14(8-5-12)25(3,21)22)15(11-23-18)24-13-6-9-16(19)20-10-13/h4-10H,11H2,1-3H3. The molecule has 0 aliphatic carbocycles. The highest BCUT2D eigenvalue weighted by Crippen LogP contribution is 2.39. The van der Waals surface area contributed by atoms with Gasteiger partial charge in [-0.1, -0.05) is 23.7 Å². The average Bonchev–Trinajstić information content (AvgIpc) is 2.83. The van der Waals surface area contributed by atoms with E-state index in [1.54, 1.807) is 42.6 Å². The van der Waals surface area contributed by atoms with Gasteiger partial charge in [0.25, 0.3) is 0 Å². The van der Waals surface area contributed by atoms with Gasteiger partial charge in [0.2, 0.25) is 0 Å². The summed E-state index contributed by atoms with van der Waals surface area (Å²) in [6.45, 7) is 4.21. The summed E-state index contributed by atoms with van der Waals surface area (Å²) in [5.41, 5.74) is 1.18. The number of ether oxygens (including phenoxy) is 2. The predicted molar refractivity (Wildman–Crippen MR) is 96.4 cm³/mol. The fraction of sp³-hybridized carbons (Fsp3) is 0.278. The normalized spacial score (nSPS) is 17.0. The second-order valence-corrected chi connectivity index (χ2v) is 8.72. The molecule has 0 spiro atoms. The minimum absolute atomic E-state index is 0.276. The zero-order valence-electron chi connectivity index (χ0n) is 14.1. The highest BCUT2D eigenvalue weighted by Gasteiger charge is 2.36. The van der Waals surface area contributed by atoms with Crippen molar-refractivity contribution in [3.8, 4) is 5.75 Å². The van der Waals surface area contributed by atoms with E-state index in [0.29, 0.717) is 23.3 Å². The number of nitrogens with zero attached hydrogens (tertiary/aromatic N) is 1. The molecule has 1 aliphatic heterocycles. The van der Waals surface area contributed by atoms with Crippen molar-refractivity contribution in [2.75, 3.05) is 12.9 Å². The molecule has 1 aromatic heterocycles. The Morgan fingerprint density at radius 2 is 1.84 bits per heavy atom. The Morgan fingerprint density at radius 1 is 1.16 bits per heavy atom. The summed E-state index contributed by atoms with van der Waals surface area (Å²) in [6, 6.07) is 10.1. The molecule has 0 saturated heterocycles. The first-order valence-electron chi connectivity index (χ1n) is 7.64. The number of hydrogen-bond acceptors (Lipinski definition) is 5. The number of pyridine rings is 1. The van der Waals surface area contributed by atoms with Crippen molar-refractivity contribution >= 4 is 27.0 Å². The number of aromatic nitrogens is 1. The van der Waals surface area contributed by atoms with Crippen molar-refractivity contribution in [1.29, 1.82) is 0 Å². The van der Waals surface area contributed by atoms with E-state index in [9.17, 15) is 8.42 Å². The lowest BCUT2D eigenvalue weighted by Gasteiger charge is -2.22. The van der Waals surface area contributed by atoms with Crippen LogP contribution in [0.15, 0.2) is 53.2 Å². The minimum atomic E-state index is -3.24. The van der Waals surface area contributed by atoms with Crippen LogP contribution in [0.1, 0.15) is 19.4 Å². The zero-order valence-corrected chi connectivity index (χ0v) is 15.7. The number of benzene rings is 1. The Kier molecular flexibility index (Phi) is 4.62. The molecule has 0 atom stereocenters. The Bertz CT molecular complexity index is 917. The molecule has 0 radical (unpaired) electrons. The second kappa shape index (κ2) is 6.44. The summed E-state index contributed by atoms with van der Waals surface area (Å²) in [5, 5.41) is 0.390. The SMILES string of the molecule is CC1(C)OCC(Oc2ccc(Cl)nc2)=C1c1ccc(S(C)(=O)=O)cc1. The van der Waals surface area contributed by atoms with Crippen LogP contribution in [0.4, 0.5) is 0 Å². The maximum Gasteiger partial charge on any atom is 0.175 e. The maximum atomic E-state index is 11.6. The summed E-state index contributed by atoms with van der Waals surface area (Å²) >= 11 is 5.80. The van der Waals surface area contributed by atoms with Gasteiger partial charge in [0, 0.05) is 11.8 Å². The molecule has 0 unspecified atom stereocenters. The van der Waals surface area contributed by atoms with E-state index in [2.05, 4.69) is 4.98 Å². The summed E-state index contributed by atoms with van der Waals surface area (Å²) in [6.07, 6.45) is 2.73. The smallest absolute Gasteiger partial charge is 0.175 e. The second-order valence-electron chi connectivity index (χ2n) is 6.31. The molecule has 0 fully saturated rings. The third kappa shape index (κ3) is 3.86. The quantitative estimate of drug-likeness (QED) is 0.757. The molecule has 7 heteroatoms. The molecule has 2 heterocycles. The zero-order chi connectivity index (χ0) is 18.2. The fourth-order valence-corrected chi connectivity index (χ4v) is 3.49. The van der Waals surface area contributed by atoms with Crippen LogP contribution in [-0.2, 0) is 14.6 Å². The maximum absolute atomic E-state index is 11.6. The van der Waals surface area contributed by atoms with E-state index >= 15 is 0 Å². The van der Waals surface area contributed by atoms with E-state index < -0.39 is 15.4 Å². The highest BCUT2D eigenvalue weighted by molar-refractivity contribution is 7.90. The number of halogens is 1. The Labute approximate surface area is 152 Å². The van der Waals surface area contributed by atoms with Crippen LogP contribution < -0.4 is 4.74 Å². The van der Waals surface area contributed by atoms with Crippen LogP contribution in [0.25, 0.3) is 5.57 Å². The molecule has 0 bridgehead atoms. The lowest BCUT2D eigenvalue weighted by atomic mass is 9.92. The van der Waals surface area contributed by atoms with Gasteiger partial charge < -0.3 is 9.47 Å². The van der Waals surface area contributed by atoms with Crippen molar-refractivity contribution in [3.05, 3.63) is 59.1 Å². The molecule has 1 aliphatic rings. The first-order valence-corrected chi connectivity index (χ1v) is 9.91. The molecular weight excluding hydrogens is 362 g/mol. The largest absolute Gasteiger partial charge is 0.457 e. The van der Waals surface area contributed by atoms with E-state index in [-0.39, 0.29) is 4.90 Å². The molecule has 1 aromatic carbocycles. The molecule has 2 aromatic rings. The average molecular weight is 380 g/mol. The van der Waals surface area contributed by atoms with Gasteiger partial charge in [0.15, 0.2) is 9.84 Å². The van der Waals surface area contributed by atoms with Gasteiger partial charge in [0.1, 0.15) is 23.3 Å². The number of sulfone groups is 1. The molecule has 25 heavy (non-hydrogen) atoms. The van der Waals surface area contributed by atoms with Gasteiger partial charge in [-0.25, -0.2) is 13.4 Å². The fourth-order valence-electron chi connectivity index (χ4n) is 2.75. The molecular formula is C18H18ClNO4S. The molecule has 5 nitrogen and oxygen atoms in total. The van der Waals surface area contributed by atoms with Crippen LogP contribution in [0.2, 0.25) is 5.15 Å². The van der Waals surface area contributed by atoms with Crippen molar-refractivity contribution in [1.82, 2.24) is 4.98 Å². The first-order chi connectivity index (χ1) is 11.7. The van der Waals surface area contributed by atoms with Gasteiger partial charge in [-0.15, -0.1) is 0 Å². The van der Waals surface area contributed by atoms with Gasteiger partial charge in [-0.3, -0.25) is 0 Å². The van der Waals surface area contributed by atoms with E-state index in [4.69, 9.17) is 21.1 Å². The van der Waals surface area contributed by atoms with Gasteiger partial charge in [-0.2, -0.15) is 0 Å². The van der Waals surface area contributed by atoms with Crippen molar-refractivity contribution in [3.63, 3.8) is 0 Å². The van der Waals surface area contributed by atoms with Crippen LogP contribution in [0.5, 0.6) is 5.75 Å². The summed E-state index contributed by atoms with van der Waals surface area (Å²) < 4.78 is 35.1. The van der Waals surface area contributed by atoms with Crippen LogP contribution in [0, 0.1) is 0 Å². The van der Waals surface area contributed by atoms with Crippen LogP contribution in [0.3, 0.4) is 0 Å². The van der Waals surface area contributed by atoms with Crippen molar-refractivity contribution < 1.29 is 17.9 Å². The lowest BCUT2D eigenvalue weighted by molar-refractivity contribution is 0.0544.